The molecule has 20 heavy (non-hydrogen) atoms. The second kappa shape index (κ2) is 5.90. The van der Waals surface area contributed by atoms with E-state index in [9.17, 15) is 9.90 Å². The molecule has 0 aliphatic heterocycles. The molecule has 1 aromatic carbocycles. The Balaban J connectivity index is 2.48. The van der Waals surface area contributed by atoms with Crippen molar-refractivity contribution in [1.29, 1.82) is 0 Å². The minimum Gasteiger partial charge on any atom is -0.467 e. The van der Waals surface area contributed by atoms with E-state index in [0.717, 1.165) is 4.47 Å². The molecule has 0 radical (unpaired) electrons. The van der Waals surface area contributed by atoms with Gasteiger partial charge in [-0.2, -0.15) is 5.10 Å². The lowest BCUT2D eigenvalue weighted by molar-refractivity contribution is -0.165. The predicted octanol–water partition coefficient (Wildman–Crippen LogP) is 1.75. The number of hydrogen-bond donors (Lipinski definition) is 1. The highest BCUT2D eigenvalue weighted by molar-refractivity contribution is 9.10. The molecule has 8 heteroatoms. The van der Waals surface area contributed by atoms with E-state index in [1.54, 1.807) is 18.2 Å². The molecule has 106 valence electrons. The molecule has 0 spiro atoms. The zero-order chi connectivity index (χ0) is 14.8. The fraction of sp³-hybridized carbons (Fsp3) is 0.250. The van der Waals surface area contributed by atoms with Crippen molar-refractivity contribution >= 4 is 33.5 Å². The van der Waals surface area contributed by atoms with E-state index in [2.05, 4.69) is 30.7 Å². The maximum atomic E-state index is 12.0. The predicted molar refractivity (Wildman–Crippen MR) is 75.1 cm³/mol. The number of rotatable bonds is 4. The van der Waals surface area contributed by atoms with Crippen LogP contribution in [0.2, 0.25) is 5.02 Å². The number of esters is 1. The SMILES string of the molecule is COC(=O)C(O)(Cn1cncn1)c1ccc(Br)cc1Cl. The summed E-state index contributed by atoms with van der Waals surface area (Å²) in [6.45, 7) is -0.152. The fourth-order valence-corrected chi connectivity index (χ4v) is 2.63. The number of aromatic nitrogens is 3. The number of nitrogens with zero attached hydrogens (tertiary/aromatic N) is 3. The van der Waals surface area contributed by atoms with Gasteiger partial charge in [0.15, 0.2) is 0 Å². The molecule has 0 saturated heterocycles. The average molecular weight is 361 g/mol. The first-order valence-electron chi connectivity index (χ1n) is 5.56. The van der Waals surface area contributed by atoms with Crippen LogP contribution in [0.4, 0.5) is 0 Å². The summed E-state index contributed by atoms with van der Waals surface area (Å²) < 4.78 is 6.75. The molecule has 0 aliphatic rings. The molecule has 1 aromatic heterocycles. The van der Waals surface area contributed by atoms with E-state index in [4.69, 9.17) is 11.6 Å². The van der Waals surface area contributed by atoms with Crippen molar-refractivity contribution < 1.29 is 14.6 Å². The van der Waals surface area contributed by atoms with Crippen LogP contribution < -0.4 is 0 Å². The zero-order valence-electron chi connectivity index (χ0n) is 10.5. The Morgan fingerprint density at radius 2 is 2.35 bits per heavy atom. The van der Waals surface area contributed by atoms with Crippen molar-refractivity contribution in [2.24, 2.45) is 0 Å². The summed E-state index contributed by atoms with van der Waals surface area (Å²) >= 11 is 9.38. The Labute approximate surface area is 128 Å². The van der Waals surface area contributed by atoms with Crippen molar-refractivity contribution in [2.75, 3.05) is 7.11 Å². The number of methoxy groups -OCH3 is 1. The zero-order valence-corrected chi connectivity index (χ0v) is 12.8. The Morgan fingerprint density at radius 1 is 1.60 bits per heavy atom. The second-order valence-electron chi connectivity index (χ2n) is 4.07. The summed E-state index contributed by atoms with van der Waals surface area (Å²) in [5.41, 5.74) is -1.70. The first-order valence-corrected chi connectivity index (χ1v) is 6.73. The second-order valence-corrected chi connectivity index (χ2v) is 5.39. The lowest BCUT2D eigenvalue weighted by atomic mass is 9.93. The standard InChI is InChI=1S/C12H11BrClN3O3/c1-20-11(18)12(19,5-17-7-15-6-16-17)9-3-2-8(13)4-10(9)14/h2-4,6-7,19H,5H2,1H3. The van der Waals surface area contributed by atoms with Crippen LogP contribution in [0, 0.1) is 0 Å². The van der Waals surface area contributed by atoms with E-state index in [1.807, 2.05) is 0 Å². The molecular weight excluding hydrogens is 350 g/mol. The highest BCUT2D eigenvalue weighted by Crippen LogP contribution is 2.32. The highest BCUT2D eigenvalue weighted by Gasteiger charge is 2.41. The minimum absolute atomic E-state index is 0.152. The van der Waals surface area contributed by atoms with Crippen LogP contribution in [0.5, 0.6) is 0 Å². The number of carbonyl (C=O) groups excluding carboxylic acids is 1. The van der Waals surface area contributed by atoms with Crippen molar-refractivity contribution in [3.8, 4) is 0 Å². The van der Waals surface area contributed by atoms with E-state index >= 15 is 0 Å². The Morgan fingerprint density at radius 3 is 2.90 bits per heavy atom. The van der Waals surface area contributed by atoms with Gasteiger partial charge in [0.05, 0.1) is 13.7 Å². The Hall–Kier alpha value is -1.44. The summed E-state index contributed by atoms with van der Waals surface area (Å²) in [7, 11) is 1.20. The minimum atomic E-state index is -1.94. The molecule has 1 heterocycles. The quantitative estimate of drug-likeness (QED) is 0.841. The van der Waals surface area contributed by atoms with Crippen LogP contribution >= 0.6 is 27.5 Å². The van der Waals surface area contributed by atoms with Gasteiger partial charge in [-0.3, -0.25) is 0 Å². The number of carbonyl (C=O) groups is 1. The van der Waals surface area contributed by atoms with Gasteiger partial charge in [-0.1, -0.05) is 33.6 Å². The first-order chi connectivity index (χ1) is 9.47. The van der Waals surface area contributed by atoms with Crippen molar-refractivity contribution in [2.45, 2.75) is 12.1 Å². The van der Waals surface area contributed by atoms with Gasteiger partial charge in [-0.05, 0) is 12.1 Å². The van der Waals surface area contributed by atoms with Gasteiger partial charge in [-0.15, -0.1) is 0 Å². The average Bonchev–Trinajstić information content (AvgIpc) is 2.90. The fourth-order valence-electron chi connectivity index (χ4n) is 1.80. The largest absolute Gasteiger partial charge is 0.467 e. The molecule has 1 unspecified atom stereocenters. The van der Waals surface area contributed by atoms with Gasteiger partial charge in [0, 0.05) is 15.1 Å². The van der Waals surface area contributed by atoms with Gasteiger partial charge in [0.1, 0.15) is 12.7 Å². The molecule has 2 rings (SSSR count). The highest BCUT2D eigenvalue weighted by atomic mass is 79.9. The van der Waals surface area contributed by atoms with Gasteiger partial charge in [0.2, 0.25) is 5.60 Å². The Bertz CT molecular complexity index is 620. The smallest absolute Gasteiger partial charge is 0.344 e. The van der Waals surface area contributed by atoms with E-state index < -0.39 is 11.6 Å². The first kappa shape index (κ1) is 15.0. The normalized spacial score (nSPS) is 13.8. The van der Waals surface area contributed by atoms with E-state index in [0.29, 0.717) is 0 Å². The third-order valence-electron chi connectivity index (χ3n) is 2.76. The number of halogens is 2. The molecule has 0 aliphatic carbocycles. The third kappa shape index (κ3) is 2.84. The summed E-state index contributed by atoms with van der Waals surface area (Å²) in [6.07, 6.45) is 2.70. The van der Waals surface area contributed by atoms with Crippen LogP contribution in [0.15, 0.2) is 35.3 Å². The van der Waals surface area contributed by atoms with E-state index in [-0.39, 0.29) is 17.1 Å². The Kier molecular flexibility index (Phi) is 4.42. The van der Waals surface area contributed by atoms with E-state index in [1.165, 1.54) is 24.4 Å². The third-order valence-corrected chi connectivity index (χ3v) is 3.56. The number of hydrogen-bond acceptors (Lipinski definition) is 5. The molecular formula is C12H11BrClN3O3. The molecule has 0 amide bonds. The van der Waals surface area contributed by atoms with Crippen molar-refractivity contribution in [3.63, 3.8) is 0 Å². The number of aliphatic hydroxyl groups is 1. The van der Waals surface area contributed by atoms with Gasteiger partial charge < -0.3 is 9.84 Å². The number of ether oxygens (including phenoxy) is 1. The summed E-state index contributed by atoms with van der Waals surface area (Å²) in [5.74, 6) is -0.822. The van der Waals surface area contributed by atoms with Crippen LogP contribution in [0.25, 0.3) is 0 Å². The van der Waals surface area contributed by atoms with Crippen LogP contribution in [-0.4, -0.2) is 33.0 Å². The molecule has 0 bridgehead atoms. The van der Waals surface area contributed by atoms with Gasteiger partial charge in [-0.25, -0.2) is 14.5 Å². The summed E-state index contributed by atoms with van der Waals surface area (Å²) in [5, 5.41) is 14.9. The van der Waals surface area contributed by atoms with Crippen molar-refractivity contribution in [3.05, 3.63) is 45.9 Å². The van der Waals surface area contributed by atoms with Crippen LogP contribution in [-0.2, 0) is 21.7 Å². The molecule has 2 aromatic rings. The maximum Gasteiger partial charge on any atom is 0.344 e. The maximum absolute atomic E-state index is 12.0. The van der Waals surface area contributed by atoms with Gasteiger partial charge >= 0.3 is 5.97 Å². The molecule has 0 saturated carbocycles. The monoisotopic (exact) mass is 359 g/mol. The van der Waals surface area contributed by atoms with Gasteiger partial charge in [0.25, 0.3) is 0 Å². The topological polar surface area (TPSA) is 77.2 Å². The molecule has 6 nitrogen and oxygen atoms in total. The lowest BCUT2D eigenvalue weighted by Gasteiger charge is -2.26. The molecule has 1 N–H and O–H groups in total. The lowest BCUT2D eigenvalue weighted by Crippen LogP contribution is -2.41. The van der Waals surface area contributed by atoms with Crippen LogP contribution in [0.3, 0.4) is 0 Å². The number of benzene rings is 1. The molecule has 1 atom stereocenters. The van der Waals surface area contributed by atoms with Crippen LogP contribution in [0.1, 0.15) is 5.56 Å². The summed E-state index contributed by atoms with van der Waals surface area (Å²) in [4.78, 5) is 15.8. The molecule has 0 fully saturated rings. The van der Waals surface area contributed by atoms with Crippen molar-refractivity contribution in [1.82, 2.24) is 14.8 Å². The summed E-state index contributed by atoms with van der Waals surface area (Å²) in [6, 6.07) is 4.82.